The molecule has 0 bridgehead atoms. The van der Waals surface area contributed by atoms with E-state index in [0.29, 0.717) is 16.7 Å². The van der Waals surface area contributed by atoms with Crippen LogP contribution in [-0.4, -0.2) is 38.2 Å². The second-order valence-corrected chi connectivity index (χ2v) is 4.53. The molecule has 0 aliphatic carbocycles. The molecule has 0 fully saturated rings. The fourth-order valence-electron chi connectivity index (χ4n) is 1.69. The lowest BCUT2D eigenvalue weighted by molar-refractivity contribution is -0.150. The van der Waals surface area contributed by atoms with Gasteiger partial charge in [-0.05, 0) is 18.2 Å². The summed E-state index contributed by atoms with van der Waals surface area (Å²) in [5, 5.41) is 4.82. The van der Waals surface area contributed by atoms with E-state index in [2.05, 4.69) is 10.1 Å². The van der Waals surface area contributed by atoms with Crippen molar-refractivity contribution < 1.29 is 28.3 Å². The Bertz CT molecular complexity index is 828. The van der Waals surface area contributed by atoms with Gasteiger partial charge in [-0.15, -0.1) is 0 Å². The Balaban J connectivity index is 1.84. The third-order valence-electron chi connectivity index (χ3n) is 2.80. The van der Waals surface area contributed by atoms with E-state index in [1.807, 2.05) is 5.32 Å². The highest BCUT2D eigenvalue weighted by Gasteiger charge is 2.11. The van der Waals surface area contributed by atoms with Crippen LogP contribution in [0.2, 0.25) is 0 Å². The lowest BCUT2D eigenvalue weighted by Gasteiger charge is -2.07. The van der Waals surface area contributed by atoms with Gasteiger partial charge in [-0.1, -0.05) is 0 Å². The molecule has 0 saturated heterocycles. The van der Waals surface area contributed by atoms with Crippen molar-refractivity contribution in [3.05, 3.63) is 40.8 Å². The summed E-state index contributed by atoms with van der Waals surface area (Å²) in [7, 11) is 1.34. The Labute approximate surface area is 135 Å². The minimum Gasteiger partial charge on any atom is -0.482 e. The molecule has 0 aliphatic heterocycles. The number of hydrogen-bond acceptors (Lipinski definition) is 7. The maximum Gasteiger partial charge on any atom is 0.344 e. The van der Waals surface area contributed by atoms with Gasteiger partial charge in [0.1, 0.15) is 11.3 Å². The lowest BCUT2D eigenvalue weighted by atomic mass is 10.2. The topological polar surface area (TPSA) is 124 Å². The first kappa shape index (κ1) is 17.0. The van der Waals surface area contributed by atoms with Crippen LogP contribution in [0.3, 0.4) is 0 Å². The number of hydrogen-bond donors (Lipinski definition) is 2. The molecule has 2 N–H and O–H groups in total. The van der Waals surface area contributed by atoms with Gasteiger partial charge < -0.3 is 19.2 Å². The Hall–Kier alpha value is -3.36. The van der Waals surface area contributed by atoms with Gasteiger partial charge in [-0.2, -0.15) is 0 Å². The summed E-state index contributed by atoms with van der Waals surface area (Å²) in [6.07, 6.45) is 0. The highest BCUT2D eigenvalue weighted by Crippen LogP contribution is 2.19. The molecule has 3 amide bonds. The zero-order valence-corrected chi connectivity index (χ0v) is 12.7. The molecule has 1 heterocycles. The molecule has 2 rings (SSSR count). The average Bonchev–Trinajstić information content (AvgIpc) is 2.57. The second-order valence-electron chi connectivity index (χ2n) is 4.53. The highest BCUT2D eigenvalue weighted by molar-refractivity contribution is 5.95. The van der Waals surface area contributed by atoms with Crippen LogP contribution in [0.4, 0.5) is 4.79 Å². The Morgan fingerprint density at radius 1 is 1.12 bits per heavy atom. The number of esters is 1. The van der Waals surface area contributed by atoms with Crippen LogP contribution in [0.5, 0.6) is 5.75 Å². The molecule has 9 heteroatoms. The maximum absolute atomic E-state index is 11.5. The van der Waals surface area contributed by atoms with E-state index in [-0.39, 0.29) is 0 Å². The van der Waals surface area contributed by atoms with Crippen molar-refractivity contribution in [3.8, 4) is 5.75 Å². The van der Waals surface area contributed by atoms with Gasteiger partial charge >= 0.3 is 17.6 Å². The first-order valence-electron chi connectivity index (χ1n) is 6.82. The van der Waals surface area contributed by atoms with Crippen LogP contribution in [0, 0.1) is 0 Å². The molecular formula is C15H14N2O7. The normalized spacial score (nSPS) is 10.0. The van der Waals surface area contributed by atoms with Crippen LogP contribution < -0.4 is 21.0 Å². The lowest BCUT2D eigenvalue weighted by Crippen LogP contribution is -2.40. The summed E-state index contributed by atoms with van der Waals surface area (Å²) in [5.74, 6) is -1.27. The predicted molar refractivity (Wildman–Crippen MR) is 81.5 cm³/mol. The van der Waals surface area contributed by atoms with Gasteiger partial charge in [0.05, 0.1) is 0 Å². The van der Waals surface area contributed by atoms with Gasteiger partial charge in [0.15, 0.2) is 13.2 Å². The largest absolute Gasteiger partial charge is 0.482 e. The van der Waals surface area contributed by atoms with E-state index in [1.165, 1.54) is 19.2 Å². The molecule has 1 aromatic heterocycles. The molecule has 0 atom stereocenters. The van der Waals surface area contributed by atoms with Gasteiger partial charge in [0.2, 0.25) is 0 Å². The van der Waals surface area contributed by atoms with Crippen molar-refractivity contribution in [1.82, 2.24) is 10.6 Å². The second kappa shape index (κ2) is 7.77. The molecule has 0 aliphatic rings. The van der Waals surface area contributed by atoms with Crippen LogP contribution in [0.1, 0.15) is 0 Å². The number of benzene rings is 1. The standard InChI is InChI=1S/C15H14N2O7/c1-16-15(21)17-12(18)7-23-14(20)8-22-10-4-2-9-3-5-13(19)24-11(9)6-10/h2-6H,7-8H2,1H3,(H2,16,17,18,21). The number of carbonyl (C=O) groups is 3. The molecule has 0 saturated carbocycles. The third kappa shape index (κ3) is 4.83. The van der Waals surface area contributed by atoms with Crippen LogP contribution in [0.25, 0.3) is 11.0 Å². The number of nitrogens with one attached hydrogen (secondary N) is 2. The first-order chi connectivity index (χ1) is 11.5. The molecular weight excluding hydrogens is 320 g/mol. The van der Waals surface area contributed by atoms with Crippen molar-refractivity contribution >= 4 is 28.9 Å². The van der Waals surface area contributed by atoms with E-state index < -0.39 is 36.7 Å². The first-order valence-corrected chi connectivity index (χ1v) is 6.82. The predicted octanol–water partition coefficient (Wildman–Crippen LogP) is 0.171. The monoisotopic (exact) mass is 334 g/mol. The van der Waals surface area contributed by atoms with E-state index in [4.69, 9.17) is 9.15 Å². The van der Waals surface area contributed by atoms with Gasteiger partial charge in [-0.3, -0.25) is 10.1 Å². The summed E-state index contributed by atoms with van der Waals surface area (Å²) in [6.45, 7) is -1.06. The third-order valence-corrected chi connectivity index (χ3v) is 2.80. The smallest absolute Gasteiger partial charge is 0.344 e. The number of fused-ring (bicyclic) bond motifs is 1. The van der Waals surface area contributed by atoms with Gasteiger partial charge in [0.25, 0.3) is 5.91 Å². The molecule has 1 aromatic carbocycles. The summed E-state index contributed by atoms with van der Waals surface area (Å²) in [5.41, 5.74) is -0.181. The number of imide groups is 1. The molecule has 24 heavy (non-hydrogen) atoms. The van der Waals surface area contributed by atoms with Crippen LogP contribution >= 0.6 is 0 Å². The molecule has 0 radical (unpaired) electrons. The summed E-state index contributed by atoms with van der Waals surface area (Å²) in [4.78, 5) is 44.8. The highest BCUT2D eigenvalue weighted by atomic mass is 16.6. The minimum absolute atomic E-state index is 0.295. The number of amides is 3. The average molecular weight is 334 g/mol. The maximum atomic E-state index is 11.5. The number of rotatable bonds is 5. The van der Waals surface area contributed by atoms with Crippen molar-refractivity contribution in [3.63, 3.8) is 0 Å². The molecule has 126 valence electrons. The molecule has 0 unspecified atom stereocenters. The number of urea groups is 1. The van der Waals surface area contributed by atoms with Crippen LogP contribution in [-0.2, 0) is 14.3 Å². The summed E-state index contributed by atoms with van der Waals surface area (Å²) in [6, 6.07) is 6.91. The minimum atomic E-state index is -0.795. The van der Waals surface area contributed by atoms with Gasteiger partial charge in [-0.25, -0.2) is 14.4 Å². The van der Waals surface area contributed by atoms with E-state index >= 15 is 0 Å². The number of carbonyl (C=O) groups excluding carboxylic acids is 3. The van der Waals surface area contributed by atoms with Crippen LogP contribution in [0.15, 0.2) is 39.5 Å². The zero-order valence-electron chi connectivity index (χ0n) is 12.7. The summed E-state index contributed by atoms with van der Waals surface area (Å²) < 4.78 is 14.8. The molecule has 9 nitrogen and oxygen atoms in total. The van der Waals surface area contributed by atoms with Crippen molar-refractivity contribution in [1.29, 1.82) is 0 Å². The number of ether oxygens (including phenoxy) is 2. The van der Waals surface area contributed by atoms with E-state index in [9.17, 15) is 19.2 Å². The zero-order chi connectivity index (χ0) is 17.5. The quantitative estimate of drug-likeness (QED) is 0.590. The van der Waals surface area contributed by atoms with Gasteiger partial charge in [0, 0.05) is 24.6 Å². The molecule has 0 spiro atoms. The fourth-order valence-corrected chi connectivity index (χ4v) is 1.69. The summed E-state index contributed by atoms with van der Waals surface area (Å²) >= 11 is 0. The Kier molecular flexibility index (Phi) is 5.50. The van der Waals surface area contributed by atoms with E-state index in [1.54, 1.807) is 18.2 Å². The SMILES string of the molecule is CNC(=O)NC(=O)COC(=O)COc1ccc2ccc(=O)oc2c1. The van der Waals surface area contributed by atoms with Crippen molar-refractivity contribution in [2.24, 2.45) is 0 Å². The Morgan fingerprint density at radius 2 is 1.88 bits per heavy atom. The Morgan fingerprint density at radius 3 is 2.62 bits per heavy atom. The molecule has 2 aromatic rings. The van der Waals surface area contributed by atoms with Crippen molar-refractivity contribution in [2.75, 3.05) is 20.3 Å². The van der Waals surface area contributed by atoms with E-state index in [0.717, 1.165) is 0 Å². The fraction of sp³-hybridized carbons (Fsp3) is 0.200. The van der Waals surface area contributed by atoms with Crippen molar-refractivity contribution in [2.45, 2.75) is 0 Å².